The molecule has 1 aromatic rings. The molecule has 1 fully saturated rings. The van der Waals surface area contributed by atoms with E-state index in [1.54, 1.807) is 52.0 Å². The minimum Gasteiger partial charge on any atom is -0.443 e. The van der Waals surface area contributed by atoms with E-state index in [0.29, 0.717) is 9.87 Å². The molecule has 21 heavy (non-hydrogen) atoms. The first-order valence-electron chi connectivity index (χ1n) is 6.62. The zero-order valence-corrected chi connectivity index (χ0v) is 13.3. The summed E-state index contributed by atoms with van der Waals surface area (Å²) < 4.78 is 35.1. The van der Waals surface area contributed by atoms with Gasteiger partial charge in [0.2, 0.25) is 0 Å². The van der Waals surface area contributed by atoms with Crippen LogP contribution in [0.4, 0.5) is 4.79 Å². The van der Waals surface area contributed by atoms with Gasteiger partial charge in [-0.25, -0.2) is 8.98 Å². The average Bonchev–Trinajstić information content (AvgIpc) is 2.58. The molecule has 0 saturated carbocycles. The van der Waals surface area contributed by atoms with E-state index in [0.717, 1.165) is 0 Å². The smallest absolute Gasteiger partial charge is 0.426 e. The van der Waals surface area contributed by atoms with E-state index >= 15 is 0 Å². The van der Waals surface area contributed by atoms with Crippen LogP contribution in [0.25, 0.3) is 0 Å². The van der Waals surface area contributed by atoms with Gasteiger partial charge in [-0.1, -0.05) is 30.3 Å². The third-order valence-corrected chi connectivity index (χ3v) is 4.39. The highest BCUT2D eigenvalue weighted by Gasteiger charge is 2.49. The van der Waals surface area contributed by atoms with Crippen LogP contribution in [-0.4, -0.2) is 30.5 Å². The van der Waals surface area contributed by atoms with Crippen LogP contribution in [0.15, 0.2) is 30.3 Å². The van der Waals surface area contributed by atoms with Crippen LogP contribution in [0.2, 0.25) is 0 Å². The van der Waals surface area contributed by atoms with E-state index < -0.39 is 34.1 Å². The van der Waals surface area contributed by atoms with E-state index in [9.17, 15) is 13.2 Å². The fourth-order valence-corrected chi connectivity index (χ4v) is 3.49. The van der Waals surface area contributed by atoms with Gasteiger partial charge in [0.25, 0.3) is 0 Å². The zero-order valence-electron chi connectivity index (χ0n) is 12.4. The molecule has 1 amide bonds. The fraction of sp³-hybridized carbons (Fsp3) is 0.500. The third kappa shape index (κ3) is 3.36. The molecular weight excluding hydrogens is 294 g/mol. The third-order valence-electron chi connectivity index (χ3n) is 2.98. The second-order valence-corrected chi connectivity index (χ2v) is 7.34. The predicted octanol–water partition coefficient (Wildman–Crippen LogP) is 2.63. The molecule has 1 heterocycles. The second kappa shape index (κ2) is 5.31. The Labute approximate surface area is 124 Å². The molecule has 0 N–H and O–H groups in total. The summed E-state index contributed by atoms with van der Waals surface area (Å²) in [4.78, 5) is 12.1. The Kier molecular flexibility index (Phi) is 3.99. The van der Waals surface area contributed by atoms with Gasteiger partial charge in [0.1, 0.15) is 11.7 Å². The summed E-state index contributed by atoms with van der Waals surface area (Å²) in [6, 6.07) is 8.24. The van der Waals surface area contributed by atoms with Gasteiger partial charge in [-0.2, -0.15) is 12.7 Å². The monoisotopic (exact) mass is 313 g/mol. The first-order valence-corrected chi connectivity index (χ1v) is 7.99. The van der Waals surface area contributed by atoms with Gasteiger partial charge in [-0.05, 0) is 33.3 Å². The number of ether oxygens (including phenoxy) is 1. The highest BCUT2D eigenvalue weighted by molar-refractivity contribution is 7.85. The van der Waals surface area contributed by atoms with Crippen molar-refractivity contribution < 1.29 is 22.1 Å². The molecule has 1 aliphatic heterocycles. The van der Waals surface area contributed by atoms with Gasteiger partial charge >= 0.3 is 16.4 Å². The van der Waals surface area contributed by atoms with Gasteiger partial charge < -0.3 is 4.74 Å². The van der Waals surface area contributed by atoms with Gasteiger partial charge in [-0.15, -0.1) is 0 Å². The average molecular weight is 313 g/mol. The van der Waals surface area contributed by atoms with E-state index in [-0.39, 0.29) is 0 Å². The summed E-state index contributed by atoms with van der Waals surface area (Å²) in [5.74, 6) is 0. The van der Waals surface area contributed by atoms with E-state index in [2.05, 4.69) is 0 Å². The Morgan fingerprint density at radius 3 is 2.33 bits per heavy atom. The highest BCUT2D eigenvalue weighted by atomic mass is 32.2. The molecule has 7 heteroatoms. The Balaban J connectivity index is 2.29. The molecule has 0 aliphatic carbocycles. The molecule has 1 aromatic carbocycles. The molecule has 116 valence electrons. The molecular formula is C14H19NO5S. The molecule has 2 atom stereocenters. The number of rotatable bonds is 1. The van der Waals surface area contributed by atoms with Crippen molar-refractivity contribution in [1.82, 2.24) is 4.31 Å². The lowest BCUT2D eigenvalue weighted by Gasteiger charge is -2.25. The predicted molar refractivity (Wildman–Crippen MR) is 76.7 cm³/mol. The summed E-state index contributed by atoms with van der Waals surface area (Å²) in [5.41, 5.74) is -0.0865. The summed E-state index contributed by atoms with van der Waals surface area (Å²) in [6.45, 7) is 6.64. The first kappa shape index (κ1) is 15.8. The number of carbonyl (C=O) groups is 1. The minimum absolute atomic E-state index is 0.663. The van der Waals surface area contributed by atoms with Gasteiger partial charge in [-0.3, -0.25) is 0 Å². The van der Waals surface area contributed by atoms with Crippen molar-refractivity contribution in [2.75, 3.05) is 0 Å². The molecule has 0 unspecified atom stereocenters. The normalized spacial score (nSPS) is 24.9. The van der Waals surface area contributed by atoms with Crippen molar-refractivity contribution in [3.8, 4) is 0 Å². The number of carbonyl (C=O) groups excluding carboxylic acids is 1. The molecule has 0 spiro atoms. The summed E-state index contributed by atoms with van der Waals surface area (Å²) in [5, 5.41) is 0. The van der Waals surface area contributed by atoms with Crippen LogP contribution in [-0.2, 0) is 19.2 Å². The lowest BCUT2D eigenvalue weighted by atomic mass is 10.0. The summed E-state index contributed by atoms with van der Waals surface area (Å²) >= 11 is 0. The molecule has 0 bridgehead atoms. The topological polar surface area (TPSA) is 72.9 Å². The van der Waals surface area contributed by atoms with E-state index in [1.807, 2.05) is 6.07 Å². The van der Waals surface area contributed by atoms with Crippen molar-refractivity contribution in [1.29, 1.82) is 0 Å². The summed E-state index contributed by atoms with van der Waals surface area (Å²) in [6.07, 6.45) is -1.66. The maximum Gasteiger partial charge on any atom is 0.426 e. The van der Waals surface area contributed by atoms with Crippen LogP contribution in [0.3, 0.4) is 0 Å². The largest absolute Gasteiger partial charge is 0.443 e. The lowest BCUT2D eigenvalue weighted by molar-refractivity contribution is 0.0347. The molecule has 6 nitrogen and oxygen atoms in total. The van der Waals surface area contributed by atoms with E-state index in [4.69, 9.17) is 8.92 Å². The molecule has 0 radical (unpaired) electrons. The maximum absolute atomic E-state index is 12.1. The molecule has 0 aromatic heterocycles. The van der Waals surface area contributed by atoms with Crippen LogP contribution < -0.4 is 0 Å². The first-order chi connectivity index (χ1) is 9.62. The minimum atomic E-state index is -4.15. The number of benzene rings is 1. The van der Waals surface area contributed by atoms with Crippen LogP contribution in [0.5, 0.6) is 0 Å². The van der Waals surface area contributed by atoms with Crippen molar-refractivity contribution in [3.05, 3.63) is 35.9 Å². The fourth-order valence-electron chi connectivity index (χ4n) is 2.13. The number of amides is 1. The lowest BCUT2D eigenvalue weighted by Crippen LogP contribution is -2.41. The van der Waals surface area contributed by atoms with Gasteiger partial charge in [0.15, 0.2) is 0 Å². The number of hydrogen-bond acceptors (Lipinski definition) is 5. The quantitative estimate of drug-likeness (QED) is 0.797. The van der Waals surface area contributed by atoms with Gasteiger partial charge in [0, 0.05) is 0 Å². The second-order valence-electron chi connectivity index (χ2n) is 5.90. The summed E-state index contributed by atoms with van der Waals surface area (Å²) in [7, 11) is -4.15. The number of hydrogen-bond donors (Lipinski definition) is 0. The standard InChI is InChI=1S/C14H19NO5S/c1-10-12(11-8-6-5-7-9-11)20-21(17,18)15(10)13(16)19-14(2,3)4/h5-10,12H,1-4H3/t10-,12+/m0/s1. The van der Waals surface area contributed by atoms with Crippen LogP contribution in [0, 0.1) is 0 Å². The highest BCUT2D eigenvalue weighted by Crippen LogP contribution is 2.36. The van der Waals surface area contributed by atoms with Crippen molar-refractivity contribution in [2.45, 2.75) is 45.4 Å². The van der Waals surface area contributed by atoms with Crippen molar-refractivity contribution >= 4 is 16.4 Å². The van der Waals surface area contributed by atoms with Crippen LogP contribution >= 0.6 is 0 Å². The van der Waals surface area contributed by atoms with E-state index in [1.165, 1.54) is 0 Å². The Bertz CT molecular complexity index is 621. The molecule has 1 aliphatic rings. The zero-order chi connectivity index (χ0) is 15.8. The number of nitrogens with zero attached hydrogens (tertiary/aromatic N) is 1. The van der Waals surface area contributed by atoms with Crippen LogP contribution in [0.1, 0.15) is 39.4 Å². The Morgan fingerprint density at radius 1 is 1.24 bits per heavy atom. The Morgan fingerprint density at radius 2 is 1.81 bits per heavy atom. The maximum atomic E-state index is 12.1. The molecule has 1 saturated heterocycles. The molecule has 2 rings (SSSR count). The Hall–Kier alpha value is -1.60. The SMILES string of the molecule is C[C@H]1[C@H](c2ccccc2)OS(=O)(=O)N1C(=O)OC(C)(C)C. The van der Waals surface area contributed by atoms with Crippen molar-refractivity contribution in [3.63, 3.8) is 0 Å². The van der Waals surface area contributed by atoms with Crippen molar-refractivity contribution in [2.24, 2.45) is 0 Å². The van der Waals surface area contributed by atoms with Gasteiger partial charge in [0.05, 0.1) is 6.04 Å².